The number of hydrogen-bond donors (Lipinski definition) is 2. The molecule has 0 aliphatic heterocycles. The van der Waals surface area contributed by atoms with Gasteiger partial charge in [-0.3, -0.25) is 4.99 Å². The van der Waals surface area contributed by atoms with Crippen LogP contribution in [0.3, 0.4) is 0 Å². The summed E-state index contributed by atoms with van der Waals surface area (Å²) in [5.41, 5.74) is 2.30. The topological polar surface area (TPSA) is 45.7 Å². The number of nitrogens with zero attached hydrogens (tertiary/aromatic N) is 1. The van der Waals surface area contributed by atoms with Gasteiger partial charge in [0.05, 0.1) is 0 Å². The second kappa shape index (κ2) is 10.3. The van der Waals surface area contributed by atoms with Gasteiger partial charge in [-0.25, -0.2) is 0 Å². The minimum Gasteiger partial charge on any atom is -0.489 e. The van der Waals surface area contributed by atoms with Crippen LogP contribution < -0.4 is 15.4 Å². The molecule has 5 heteroatoms. The van der Waals surface area contributed by atoms with Crippen molar-refractivity contribution in [2.45, 2.75) is 26.0 Å². The number of guanidine groups is 1. The molecule has 1 fully saturated rings. The van der Waals surface area contributed by atoms with E-state index in [-0.39, 0.29) is 24.0 Å². The molecular formula is C20H26IN3O. The van der Waals surface area contributed by atoms with E-state index in [1.807, 2.05) is 36.4 Å². The second-order valence-electron chi connectivity index (χ2n) is 6.13. The van der Waals surface area contributed by atoms with Gasteiger partial charge in [-0.1, -0.05) is 48.5 Å². The highest BCUT2D eigenvalue weighted by Gasteiger charge is 2.21. The number of nitrogens with one attached hydrogen (secondary N) is 2. The quantitative estimate of drug-likeness (QED) is 0.381. The lowest BCUT2D eigenvalue weighted by molar-refractivity contribution is 0.302. The van der Waals surface area contributed by atoms with E-state index in [0.717, 1.165) is 29.7 Å². The zero-order chi connectivity index (χ0) is 16.6. The normalized spacial score (nSPS) is 13.7. The summed E-state index contributed by atoms with van der Waals surface area (Å²) in [4.78, 5) is 4.28. The third-order valence-electron chi connectivity index (χ3n) is 4.13. The fourth-order valence-electron chi connectivity index (χ4n) is 2.49. The third kappa shape index (κ3) is 6.57. The van der Waals surface area contributed by atoms with Gasteiger partial charge in [0, 0.05) is 25.7 Å². The van der Waals surface area contributed by atoms with Crippen molar-refractivity contribution < 1.29 is 4.74 Å². The monoisotopic (exact) mass is 451 g/mol. The number of halogens is 1. The molecule has 0 saturated heterocycles. The summed E-state index contributed by atoms with van der Waals surface area (Å²) in [5, 5.41) is 6.74. The molecule has 2 aromatic carbocycles. The number of ether oxygens (including phenoxy) is 1. The largest absolute Gasteiger partial charge is 0.489 e. The molecule has 25 heavy (non-hydrogen) atoms. The Bertz CT molecular complexity index is 672. The van der Waals surface area contributed by atoms with Crippen molar-refractivity contribution in [2.75, 3.05) is 13.6 Å². The summed E-state index contributed by atoms with van der Waals surface area (Å²) in [7, 11) is 1.81. The summed E-state index contributed by atoms with van der Waals surface area (Å²) in [6.07, 6.45) is 2.67. The lowest BCUT2D eigenvalue weighted by Gasteiger charge is -2.15. The van der Waals surface area contributed by atoms with E-state index < -0.39 is 0 Å². The van der Waals surface area contributed by atoms with Crippen molar-refractivity contribution in [1.29, 1.82) is 0 Å². The maximum atomic E-state index is 6.00. The summed E-state index contributed by atoms with van der Waals surface area (Å²) < 4.78 is 6.00. The fraction of sp³-hybridized carbons (Fsp3) is 0.350. The van der Waals surface area contributed by atoms with Crippen LogP contribution in [0.4, 0.5) is 0 Å². The van der Waals surface area contributed by atoms with Crippen LogP contribution in [0, 0.1) is 5.92 Å². The van der Waals surface area contributed by atoms with Crippen LogP contribution in [0.5, 0.6) is 5.75 Å². The molecule has 0 unspecified atom stereocenters. The predicted octanol–water partition coefficient (Wildman–Crippen LogP) is 3.96. The van der Waals surface area contributed by atoms with Gasteiger partial charge in [-0.15, -0.1) is 24.0 Å². The van der Waals surface area contributed by atoms with E-state index in [9.17, 15) is 0 Å². The summed E-state index contributed by atoms with van der Waals surface area (Å²) in [6, 6.07) is 18.4. The van der Waals surface area contributed by atoms with Crippen LogP contribution in [0.2, 0.25) is 0 Å². The average molecular weight is 451 g/mol. The molecule has 0 heterocycles. The molecule has 0 bridgehead atoms. The van der Waals surface area contributed by atoms with Gasteiger partial charge in [0.15, 0.2) is 5.96 Å². The summed E-state index contributed by atoms with van der Waals surface area (Å²) in [6.45, 7) is 2.27. The van der Waals surface area contributed by atoms with Crippen LogP contribution >= 0.6 is 24.0 Å². The first-order valence-electron chi connectivity index (χ1n) is 8.54. The maximum absolute atomic E-state index is 6.00. The molecule has 2 N–H and O–H groups in total. The molecule has 2 aromatic rings. The first-order chi connectivity index (χ1) is 11.8. The van der Waals surface area contributed by atoms with Gasteiger partial charge in [0.1, 0.15) is 12.4 Å². The number of aliphatic imine (C=N–C) groups is 1. The van der Waals surface area contributed by atoms with Gasteiger partial charge >= 0.3 is 0 Å². The van der Waals surface area contributed by atoms with E-state index in [2.05, 4.69) is 33.8 Å². The summed E-state index contributed by atoms with van der Waals surface area (Å²) >= 11 is 0. The molecule has 134 valence electrons. The Kier molecular flexibility index (Phi) is 8.04. The number of benzene rings is 2. The SMILES string of the molecule is CN=C(NCc1ccccc1OCc1ccccc1)NCC1CC1.I. The molecule has 0 radical (unpaired) electrons. The lowest BCUT2D eigenvalue weighted by atomic mass is 10.2. The Balaban J connectivity index is 0.00000225. The van der Waals surface area contributed by atoms with Gasteiger partial charge in [0.2, 0.25) is 0 Å². The highest BCUT2D eigenvalue weighted by atomic mass is 127. The highest BCUT2D eigenvalue weighted by molar-refractivity contribution is 14.0. The second-order valence-corrected chi connectivity index (χ2v) is 6.13. The fourth-order valence-corrected chi connectivity index (χ4v) is 2.49. The smallest absolute Gasteiger partial charge is 0.191 e. The minimum atomic E-state index is 0. The molecule has 3 rings (SSSR count). The lowest BCUT2D eigenvalue weighted by Crippen LogP contribution is -2.37. The van der Waals surface area contributed by atoms with Gasteiger partial charge in [-0.05, 0) is 30.4 Å². The molecule has 0 atom stereocenters. The van der Waals surface area contributed by atoms with Gasteiger partial charge in [-0.2, -0.15) is 0 Å². The van der Waals surface area contributed by atoms with Crippen molar-refractivity contribution in [3.8, 4) is 5.75 Å². The standard InChI is InChI=1S/C20H25N3O.HI/c1-21-20(22-13-16-11-12-16)23-14-18-9-5-6-10-19(18)24-15-17-7-3-2-4-8-17;/h2-10,16H,11-15H2,1H3,(H2,21,22,23);1H. The molecule has 4 nitrogen and oxygen atoms in total. The highest BCUT2D eigenvalue weighted by Crippen LogP contribution is 2.27. The van der Waals surface area contributed by atoms with E-state index in [4.69, 9.17) is 4.74 Å². The zero-order valence-electron chi connectivity index (χ0n) is 14.6. The van der Waals surface area contributed by atoms with E-state index in [1.165, 1.54) is 18.4 Å². The average Bonchev–Trinajstić information content (AvgIpc) is 3.46. The Hall–Kier alpha value is -1.76. The predicted molar refractivity (Wildman–Crippen MR) is 114 cm³/mol. The Morgan fingerprint density at radius 3 is 2.48 bits per heavy atom. The molecule has 1 aliphatic rings. The Morgan fingerprint density at radius 1 is 1.04 bits per heavy atom. The van der Waals surface area contributed by atoms with Crippen LogP contribution in [0.25, 0.3) is 0 Å². The van der Waals surface area contributed by atoms with E-state index in [1.54, 1.807) is 7.05 Å². The number of hydrogen-bond acceptors (Lipinski definition) is 2. The Morgan fingerprint density at radius 2 is 1.76 bits per heavy atom. The number of para-hydroxylation sites is 1. The molecule has 1 aliphatic carbocycles. The van der Waals surface area contributed by atoms with E-state index >= 15 is 0 Å². The first-order valence-corrected chi connectivity index (χ1v) is 8.54. The minimum absolute atomic E-state index is 0. The van der Waals surface area contributed by atoms with Crippen LogP contribution in [0.1, 0.15) is 24.0 Å². The molecule has 0 aromatic heterocycles. The van der Waals surface area contributed by atoms with Crippen molar-refractivity contribution in [3.05, 3.63) is 65.7 Å². The zero-order valence-corrected chi connectivity index (χ0v) is 16.9. The van der Waals surface area contributed by atoms with Gasteiger partial charge < -0.3 is 15.4 Å². The maximum Gasteiger partial charge on any atom is 0.191 e. The third-order valence-corrected chi connectivity index (χ3v) is 4.13. The molecular weight excluding hydrogens is 425 g/mol. The van der Waals surface area contributed by atoms with Crippen molar-refractivity contribution in [2.24, 2.45) is 10.9 Å². The van der Waals surface area contributed by atoms with Crippen LogP contribution in [-0.2, 0) is 13.2 Å². The van der Waals surface area contributed by atoms with Crippen molar-refractivity contribution >= 4 is 29.9 Å². The van der Waals surface area contributed by atoms with Crippen molar-refractivity contribution in [3.63, 3.8) is 0 Å². The molecule has 0 spiro atoms. The Labute approximate surface area is 167 Å². The molecule has 0 amide bonds. The van der Waals surface area contributed by atoms with Crippen LogP contribution in [0.15, 0.2) is 59.6 Å². The summed E-state index contributed by atoms with van der Waals surface area (Å²) in [5.74, 6) is 2.58. The number of rotatable bonds is 7. The first kappa shape index (κ1) is 19.6. The van der Waals surface area contributed by atoms with Gasteiger partial charge in [0.25, 0.3) is 0 Å². The molecule has 1 saturated carbocycles. The van der Waals surface area contributed by atoms with Crippen molar-refractivity contribution in [1.82, 2.24) is 10.6 Å². The van der Waals surface area contributed by atoms with Crippen LogP contribution in [-0.4, -0.2) is 19.6 Å². The van der Waals surface area contributed by atoms with E-state index in [0.29, 0.717) is 13.2 Å².